The molecule has 0 radical (unpaired) electrons. The summed E-state index contributed by atoms with van der Waals surface area (Å²) in [6, 6.07) is 5.85. The number of thioether (sulfide) groups is 1. The Kier molecular flexibility index (Phi) is 4.49. The zero-order valence-corrected chi connectivity index (χ0v) is 9.63. The second-order valence-corrected chi connectivity index (χ2v) is 4.29. The molecule has 0 atom stereocenters. The van der Waals surface area contributed by atoms with Gasteiger partial charge >= 0.3 is 5.97 Å². The van der Waals surface area contributed by atoms with E-state index < -0.39 is 5.97 Å². The highest BCUT2D eigenvalue weighted by atomic mass is 32.2. The van der Waals surface area contributed by atoms with E-state index in [-0.39, 0.29) is 6.42 Å². The molecule has 82 valence electrons. The number of aliphatic carboxylic acids is 1. The van der Waals surface area contributed by atoms with Gasteiger partial charge in [-0.05, 0) is 30.7 Å². The first-order valence-corrected chi connectivity index (χ1v) is 5.61. The summed E-state index contributed by atoms with van der Waals surface area (Å²) >= 11 is 1.55. The van der Waals surface area contributed by atoms with E-state index in [0.717, 1.165) is 16.2 Å². The topological polar surface area (TPSA) is 46.5 Å². The summed E-state index contributed by atoms with van der Waals surface area (Å²) in [6.45, 7) is 1.97. The van der Waals surface area contributed by atoms with Gasteiger partial charge < -0.3 is 9.84 Å². The van der Waals surface area contributed by atoms with Crippen LogP contribution >= 0.6 is 11.8 Å². The van der Waals surface area contributed by atoms with Crippen molar-refractivity contribution < 1.29 is 14.6 Å². The standard InChI is InChI=1S/C11H14O3S/c1-8-7-9(3-4-10(8)14-2)15-6-5-11(12)13/h3-4,7H,5-6H2,1-2H3,(H,12,13). The Morgan fingerprint density at radius 2 is 2.27 bits per heavy atom. The van der Waals surface area contributed by atoms with E-state index in [2.05, 4.69) is 0 Å². The van der Waals surface area contributed by atoms with Gasteiger partial charge in [0.25, 0.3) is 0 Å². The number of rotatable bonds is 5. The van der Waals surface area contributed by atoms with Gasteiger partial charge in [-0.25, -0.2) is 0 Å². The molecule has 0 fully saturated rings. The average Bonchev–Trinajstić information content (AvgIpc) is 2.17. The summed E-state index contributed by atoms with van der Waals surface area (Å²) in [6.07, 6.45) is 0.190. The Morgan fingerprint density at radius 1 is 1.53 bits per heavy atom. The van der Waals surface area contributed by atoms with E-state index >= 15 is 0 Å². The van der Waals surface area contributed by atoms with Crippen LogP contribution in [0.25, 0.3) is 0 Å². The average molecular weight is 226 g/mol. The fraction of sp³-hybridized carbons (Fsp3) is 0.364. The van der Waals surface area contributed by atoms with Crippen LogP contribution in [0, 0.1) is 6.92 Å². The number of methoxy groups -OCH3 is 1. The summed E-state index contributed by atoms with van der Waals surface area (Å²) in [5.74, 6) is 0.700. The Labute approximate surface area is 93.4 Å². The van der Waals surface area contributed by atoms with Crippen LogP contribution in [0.2, 0.25) is 0 Å². The van der Waals surface area contributed by atoms with Crippen LogP contribution in [0.5, 0.6) is 5.75 Å². The Balaban J connectivity index is 2.55. The van der Waals surface area contributed by atoms with Crippen molar-refractivity contribution >= 4 is 17.7 Å². The molecule has 0 aromatic heterocycles. The summed E-state index contributed by atoms with van der Waals surface area (Å²) < 4.78 is 5.14. The van der Waals surface area contributed by atoms with Gasteiger partial charge in [-0.1, -0.05) is 0 Å². The van der Waals surface area contributed by atoms with Gasteiger partial charge in [0.1, 0.15) is 5.75 Å². The first-order valence-electron chi connectivity index (χ1n) is 4.62. The molecular formula is C11H14O3S. The Hall–Kier alpha value is -1.16. The number of ether oxygens (including phenoxy) is 1. The molecule has 0 aliphatic rings. The Morgan fingerprint density at radius 3 is 2.80 bits per heavy atom. The van der Waals surface area contributed by atoms with Gasteiger partial charge in [-0.2, -0.15) is 0 Å². The quantitative estimate of drug-likeness (QED) is 0.784. The molecule has 0 aliphatic carbocycles. The van der Waals surface area contributed by atoms with Crippen molar-refractivity contribution in [3.63, 3.8) is 0 Å². The van der Waals surface area contributed by atoms with Crippen molar-refractivity contribution in [2.75, 3.05) is 12.9 Å². The van der Waals surface area contributed by atoms with E-state index in [1.54, 1.807) is 18.9 Å². The fourth-order valence-corrected chi connectivity index (χ4v) is 2.13. The number of hydrogen-bond acceptors (Lipinski definition) is 3. The minimum Gasteiger partial charge on any atom is -0.496 e. The van der Waals surface area contributed by atoms with Crippen molar-refractivity contribution in [1.29, 1.82) is 0 Å². The third kappa shape index (κ3) is 3.83. The highest BCUT2D eigenvalue weighted by Crippen LogP contribution is 2.25. The van der Waals surface area contributed by atoms with E-state index in [0.29, 0.717) is 5.75 Å². The largest absolute Gasteiger partial charge is 0.496 e. The predicted octanol–water partition coefficient (Wildman–Crippen LogP) is 2.57. The molecule has 0 bridgehead atoms. The van der Waals surface area contributed by atoms with Crippen LogP contribution in [0.4, 0.5) is 0 Å². The summed E-state index contributed by atoms with van der Waals surface area (Å²) in [7, 11) is 1.64. The second-order valence-electron chi connectivity index (χ2n) is 3.12. The number of aryl methyl sites for hydroxylation is 1. The van der Waals surface area contributed by atoms with Gasteiger partial charge in [0.15, 0.2) is 0 Å². The van der Waals surface area contributed by atoms with E-state index in [1.165, 1.54) is 0 Å². The van der Waals surface area contributed by atoms with Crippen LogP contribution < -0.4 is 4.74 Å². The van der Waals surface area contributed by atoms with E-state index in [1.807, 2.05) is 25.1 Å². The zero-order chi connectivity index (χ0) is 11.3. The monoisotopic (exact) mass is 226 g/mol. The lowest BCUT2D eigenvalue weighted by molar-refractivity contribution is -0.136. The number of hydrogen-bond donors (Lipinski definition) is 1. The molecular weight excluding hydrogens is 212 g/mol. The highest BCUT2D eigenvalue weighted by Gasteiger charge is 2.02. The van der Waals surface area contributed by atoms with Crippen molar-refractivity contribution in [2.45, 2.75) is 18.2 Å². The molecule has 1 aromatic rings. The highest BCUT2D eigenvalue weighted by molar-refractivity contribution is 7.99. The van der Waals surface area contributed by atoms with Gasteiger partial charge in [-0.15, -0.1) is 11.8 Å². The molecule has 4 heteroatoms. The molecule has 3 nitrogen and oxygen atoms in total. The number of carboxylic acid groups (broad SMARTS) is 1. The minimum absolute atomic E-state index is 0.190. The molecule has 1 N–H and O–H groups in total. The van der Waals surface area contributed by atoms with E-state index in [4.69, 9.17) is 9.84 Å². The van der Waals surface area contributed by atoms with Gasteiger partial charge in [0.2, 0.25) is 0 Å². The lowest BCUT2D eigenvalue weighted by Gasteiger charge is -2.06. The zero-order valence-electron chi connectivity index (χ0n) is 8.82. The molecule has 0 unspecified atom stereocenters. The molecule has 15 heavy (non-hydrogen) atoms. The summed E-state index contributed by atoms with van der Waals surface area (Å²) in [5, 5.41) is 8.49. The van der Waals surface area contributed by atoms with Crippen molar-refractivity contribution in [1.82, 2.24) is 0 Å². The first kappa shape index (κ1) is 11.9. The van der Waals surface area contributed by atoms with Gasteiger partial charge in [-0.3, -0.25) is 4.79 Å². The Bertz CT molecular complexity index is 350. The summed E-state index contributed by atoms with van der Waals surface area (Å²) in [5.41, 5.74) is 1.07. The second kappa shape index (κ2) is 5.66. The van der Waals surface area contributed by atoms with E-state index in [9.17, 15) is 4.79 Å². The smallest absolute Gasteiger partial charge is 0.304 e. The normalized spacial score (nSPS) is 10.0. The number of benzene rings is 1. The van der Waals surface area contributed by atoms with Gasteiger partial charge in [0, 0.05) is 10.6 Å². The van der Waals surface area contributed by atoms with Crippen molar-refractivity contribution in [2.24, 2.45) is 0 Å². The van der Waals surface area contributed by atoms with Crippen LogP contribution in [0.3, 0.4) is 0 Å². The molecule has 0 aliphatic heterocycles. The first-order chi connectivity index (χ1) is 7.13. The summed E-state index contributed by atoms with van der Waals surface area (Å²) in [4.78, 5) is 11.4. The van der Waals surface area contributed by atoms with Crippen molar-refractivity contribution in [3.05, 3.63) is 23.8 Å². The number of carboxylic acids is 1. The molecule has 1 rings (SSSR count). The van der Waals surface area contributed by atoms with Crippen LogP contribution in [0.15, 0.2) is 23.1 Å². The maximum atomic E-state index is 10.3. The minimum atomic E-state index is -0.757. The molecule has 0 saturated heterocycles. The lowest BCUT2D eigenvalue weighted by atomic mass is 10.2. The maximum Gasteiger partial charge on any atom is 0.304 e. The van der Waals surface area contributed by atoms with Gasteiger partial charge in [0.05, 0.1) is 13.5 Å². The lowest BCUT2D eigenvalue weighted by Crippen LogP contribution is -1.95. The SMILES string of the molecule is COc1ccc(SCCC(=O)O)cc1C. The third-order valence-corrected chi connectivity index (χ3v) is 2.95. The van der Waals surface area contributed by atoms with Crippen molar-refractivity contribution in [3.8, 4) is 5.75 Å². The van der Waals surface area contributed by atoms with Crippen LogP contribution in [0.1, 0.15) is 12.0 Å². The molecule has 0 spiro atoms. The molecule has 0 saturated carbocycles. The third-order valence-electron chi connectivity index (χ3n) is 1.95. The predicted molar refractivity (Wildman–Crippen MR) is 60.7 cm³/mol. The van der Waals surface area contributed by atoms with Crippen LogP contribution in [-0.2, 0) is 4.79 Å². The fourth-order valence-electron chi connectivity index (χ4n) is 1.20. The maximum absolute atomic E-state index is 10.3. The van der Waals surface area contributed by atoms with Crippen LogP contribution in [-0.4, -0.2) is 23.9 Å². The molecule has 1 aromatic carbocycles. The molecule has 0 heterocycles. The molecule has 0 amide bonds. The number of carbonyl (C=O) groups is 1.